The molecule has 7 nitrogen and oxygen atoms in total. The quantitative estimate of drug-likeness (QED) is 0.790. The zero-order valence-corrected chi connectivity index (χ0v) is 11.2. The van der Waals surface area contributed by atoms with Gasteiger partial charge in [-0.25, -0.2) is 9.78 Å². The summed E-state index contributed by atoms with van der Waals surface area (Å²) in [4.78, 5) is 26.9. The molecule has 0 aliphatic carbocycles. The van der Waals surface area contributed by atoms with Crippen molar-refractivity contribution < 1.29 is 19.4 Å². The fourth-order valence-electron chi connectivity index (χ4n) is 1.51. The number of thiazole rings is 1. The number of benzene rings is 1. The van der Waals surface area contributed by atoms with Crippen LogP contribution >= 0.6 is 11.3 Å². The monoisotopic (exact) mass is 293 g/mol. The van der Waals surface area contributed by atoms with Gasteiger partial charge in [-0.3, -0.25) is 4.79 Å². The third kappa shape index (κ3) is 2.86. The minimum Gasteiger partial charge on any atom is -0.497 e. The van der Waals surface area contributed by atoms with Gasteiger partial charge < -0.3 is 20.9 Å². The van der Waals surface area contributed by atoms with Crippen LogP contribution in [-0.4, -0.2) is 29.1 Å². The lowest BCUT2D eigenvalue weighted by molar-refractivity contribution is 0.0697. The van der Waals surface area contributed by atoms with Crippen molar-refractivity contribution in [2.45, 2.75) is 0 Å². The third-order valence-electron chi connectivity index (χ3n) is 2.46. The largest absolute Gasteiger partial charge is 0.497 e. The number of nitrogen functional groups attached to an aromatic ring is 1. The van der Waals surface area contributed by atoms with Crippen molar-refractivity contribution >= 4 is 34.0 Å². The zero-order valence-electron chi connectivity index (χ0n) is 10.4. The zero-order chi connectivity index (χ0) is 14.7. The molecule has 0 saturated heterocycles. The van der Waals surface area contributed by atoms with E-state index < -0.39 is 11.9 Å². The van der Waals surface area contributed by atoms with Gasteiger partial charge in [0.1, 0.15) is 11.4 Å². The number of nitrogens with zero attached hydrogens (tertiary/aromatic N) is 1. The standard InChI is InChI=1S/C12H11N3O4S/c1-19-6-2-3-8(7(4-6)11(17)18)14-10(16)9-5-20-12(13)15-9/h2-5H,1H3,(H2,13,15)(H,14,16)(H,17,18). The molecule has 2 rings (SSSR count). The predicted octanol–water partition coefficient (Wildman–Crippen LogP) is 1.68. The van der Waals surface area contributed by atoms with E-state index in [-0.39, 0.29) is 22.1 Å². The number of carbonyl (C=O) groups excluding carboxylic acids is 1. The molecule has 1 heterocycles. The average Bonchev–Trinajstić information content (AvgIpc) is 2.85. The number of nitrogens with two attached hydrogens (primary N) is 1. The van der Waals surface area contributed by atoms with Gasteiger partial charge in [-0.15, -0.1) is 11.3 Å². The van der Waals surface area contributed by atoms with Crippen LogP contribution in [0, 0.1) is 0 Å². The summed E-state index contributed by atoms with van der Waals surface area (Å²) in [5, 5.41) is 13.4. The Morgan fingerprint density at radius 3 is 2.75 bits per heavy atom. The van der Waals surface area contributed by atoms with Crippen LogP contribution in [0.1, 0.15) is 20.8 Å². The molecule has 1 aromatic carbocycles. The van der Waals surface area contributed by atoms with E-state index in [9.17, 15) is 9.59 Å². The summed E-state index contributed by atoms with van der Waals surface area (Å²) in [7, 11) is 1.43. The van der Waals surface area contributed by atoms with Crippen molar-refractivity contribution in [1.29, 1.82) is 0 Å². The smallest absolute Gasteiger partial charge is 0.337 e. The first kappa shape index (κ1) is 13.8. The van der Waals surface area contributed by atoms with Crippen LogP contribution < -0.4 is 15.8 Å². The van der Waals surface area contributed by atoms with E-state index in [0.717, 1.165) is 11.3 Å². The van der Waals surface area contributed by atoms with Gasteiger partial charge in [0.15, 0.2) is 5.13 Å². The number of rotatable bonds is 4. The Morgan fingerprint density at radius 2 is 2.20 bits per heavy atom. The first-order valence-corrected chi connectivity index (χ1v) is 6.33. The number of ether oxygens (including phenoxy) is 1. The highest BCUT2D eigenvalue weighted by Crippen LogP contribution is 2.23. The van der Waals surface area contributed by atoms with Gasteiger partial charge in [-0.2, -0.15) is 0 Å². The molecule has 0 radical (unpaired) electrons. The topological polar surface area (TPSA) is 115 Å². The van der Waals surface area contributed by atoms with Crippen molar-refractivity contribution in [3.8, 4) is 5.75 Å². The number of aromatic carboxylic acids is 1. The summed E-state index contributed by atoms with van der Waals surface area (Å²) in [6, 6.07) is 4.33. The lowest BCUT2D eigenvalue weighted by atomic mass is 10.1. The molecule has 1 aromatic heterocycles. The maximum absolute atomic E-state index is 11.9. The highest BCUT2D eigenvalue weighted by atomic mass is 32.1. The highest BCUT2D eigenvalue weighted by Gasteiger charge is 2.16. The van der Waals surface area contributed by atoms with E-state index in [2.05, 4.69) is 10.3 Å². The molecule has 4 N–H and O–H groups in total. The molecule has 0 aliphatic rings. The normalized spacial score (nSPS) is 10.1. The second kappa shape index (κ2) is 5.57. The summed E-state index contributed by atoms with van der Waals surface area (Å²) in [5.74, 6) is -1.30. The number of amides is 1. The van der Waals surface area contributed by atoms with Crippen LogP contribution in [0.15, 0.2) is 23.6 Å². The van der Waals surface area contributed by atoms with Gasteiger partial charge in [0, 0.05) is 5.38 Å². The summed E-state index contributed by atoms with van der Waals surface area (Å²) in [6.45, 7) is 0. The Labute approximate surface area is 118 Å². The van der Waals surface area contributed by atoms with Gasteiger partial charge in [0.2, 0.25) is 0 Å². The van der Waals surface area contributed by atoms with Gasteiger partial charge in [0.05, 0.1) is 18.4 Å². The van der Waals surface area contributed by atoms with Gasteiger partial charge in [-0.05, 0) is 18.2 Å². The summed E-state index contributed by atoms with van der Waals surface area (Å²) < 4.78 is 4.95. The molecule has 0 fully saturated rings. The Morgan fingerprint density at radius 1 is 1.45 bits per heavy atom. The van der Waals surface area contributed by atoms with Crippen molar-refractivity contribution in [3.63, 3.8) is 0 Å². The Hall–Kier alpha value is -2.61. The number of aromatic nitrogens is 1. The van der Waals surface area contributed by atoms with Crippen molar-refractivity contribution in [2.24, 2.45) is 0 Å². The molecule has 8 heteroatoms. The fourth-order valence-corrected chi connectivity index (χ4v) is 2.06. The minimum atomic E-state index is -1.17. The number of carbonyl (C=O) groups is 2. The van der Waals surface area contributed by atoms with Gasteiger partial charge in [-0.1, -0.05) is 0 Å². The molecular formula is C12H11N3O4S. The molecule has 20 heavy (non-hydrogen) atoms. The third-order valence-corrected chi connectivity index (χ3v) is 3.13. The van der Waals surface area contributed by atoms with Crippen LogP contribution in [0.2, 0.25) is 0 Å². The van der Waals surface area contributed by atoms with Crippen LogP contribution in [0.5, 0.6) is 5.75 Å². The highest BCUT2D eigenvalue weighted by molar-refractivity contribution is 7.13. The summed E-state index contributed by atoms with van der Waals surface area (Å²) in [5.41, 5.74) is 5.67. The molecular weight excluding hydrogens is 282 g/mol. The van der Waals surface area contributed by atoms with Crippen LogP contribution in [0.3, 0.4) is 0 Å². The van der Waals surface area contributed by atoms with Crippen molar-refractivity contribution in [1.82, 2.24) is 4.98 Å². The molecule has 0 atom stereocenters. The average molecular weight is 293 g/mol. The Kier molecular flexibility index (Phi) is 3.85. The van der Waals surface area contributed by atoms with Crippen LogP contribution in [0.25, 0.3) is 0 Å². The van der Waals surface area contributed by atoms with Crippen LogP contribution in [-0.2, 0) is 0 Å². The molecule has 1 amide bonds. The van der Waals surface area contributed by atoms with Crippen molar-refractivity contribution in [2.75, 3.05) is 18.2 Å². The first-order chi connectivity index (χ1) is 9.51. The van der Waals surface area contributed by atoms with Gasteiger partial charge in [0.25, 0.3) is 5.91 Å². The molecule has 104 valence electrons. The molecule has 0 spiro atoms. The number of methoxy groups -OCH3 is 1. The lowest BCUT2D eigenvalue weighted by Crippen LogP contribution is -2.15. The van der Waals surface area contributed by atoms with Crippen molar-refractivity contribution in [3.05, 3.63) is 34.8 Å². The molecule has 2 aromatic rings. The van der Waals surface area contributed by atoms with E-state index >= 15 is 0 Å². The summed E-state index contributed by atoms with van der Waals surface area (Å²) in [6.07, 6.45) is 0. The fraction of sp³-hybridized carbons (Fsp3) is 0.0833. The van der Waals surface area contributed by atoms with Crippen LogP contribution in [0.4, 0.5) is 10.8 Å². The molecule has 0 saturated carbocycles. The number of nitrogens with one attached hydrogen (secondary N) is 1. The number of anilines is 2. The number of carboxylic acids is 1. The second-order valence-electron chi connectivity index (χ2n) is 3.74. The second-order valence-corrected chi connectivity index (χ2v) is 4.63. The van der Waals surface area contributed by atoms with E-state index in [1.54, 1.807) is 6.07 Å². The maximum Gasteiger partial charge on any atom is 0.337 e. The number of carboxylic acid groups (broad SMARTS) is 1. The van der Waals surface area contributed by atoms with E-state index in [4.69, 9.17) is 15.6 Å². The predicted molar refractivity (Wildman–Crippen MR) is 74.4 cm³/mol. The maximum atomic E-state index is 11.9. The Bertz CT molecular complexity index is 668. The number of hydrogen-bond donors (Lipinski definition) is 3. The molecule has 0 unspecified atom stereocenters. The SMILES string of the molecule is COc1ccc(NC(=O)c2csc(N)n2)c(C(=O)O)c1. The molecule has 0 aliphatic heterocycles. The van der Waals surface area contributed by atoms with E-state index in [1.165, 1.54) is 24.6 Å². The summed E-state index contributed by atoms with van der Waals surface area (Å²) >= 11 is 1.13. The lowest BCUT2D eigenvalue weighted by Gasteiger charge is -2.09. The minimum absolute atomic E-state index is 0.0686. The van der Waals surface area contributed by atoms with E-state index in [0.29, 0.717) is 5.75 Å². The van der Waals surface area contributed by atoms with E-state index in [1.807, 2.05) is 0 Å². The van der Waals surface area contributed by atoms with Gasteiger partial charge >= 0.3 is 5.97 Å². The first-order valence-electron chi connectivity index (χ1n) is 5.45. The molecule has 0 bridgehead atoms. The number of hydrogen-bond acceptors (Lipinski definition) is 6. The Balaban J connectivity index is 2.29.